The Bertz CT molecular complexity index is 188. The summed E-state index contributed by atoms with van der Waals surface area (Å²) >= 11 is 0. The molecule has 0 aliphatic carbocycles. The molecule has 1 rings (SSSR count). The van der Waals surface area contributed by atoms with E-state index in [4.69, 9.17) is 0 Å². The van der Waals surface area contributed by atoms with Crippen molar-refractivity contribution in [1.82, 2.24) is 10.6 Å². The van der Waals surface area contributed by atoms with Gasteiger partial charge in [-0.05, 0) is 31.7 Å². The smallest absolute Gasteiger partial charge is 0.220 e. The molecule has 1 fully saturated rings. The van der Waals surface area contributed by atoms with Gasteiger partial charge in [0, 0.05) is 19.0 Å². The van der Waals surface area contributed by atoms with Gasteiger partial charge in [0.25, 0.3) is 0 Å². The van der Waals surface area contributed by atoms with Crippen LogP contribution in [-0.4, -0.2) is 25.0 Å². The molecule has 0 aromatic rings. The van der Waals surface area contributed by atoms with Gasteiger partial charge in [-0.15, -0.1) is 0 Å². The Morgan fingerprint density at radius 2 is 2.40 bits per heavy atom. The maximum atomic E-state index is 11.5. The molecule has 0 aromatic carbocycles. The quantitative estimate of drug-likeness (QED) is 0.703. The van der Waals surface area contributed by atoms with E-state index in [9.17, 15) is 4.79 Å². The van der Waals surface area contributed by atoms with Crippen LogP contribution in [0.4, 0.5) is 0 Å². The van der Waals surface area contributed by atoms with Crippen molar-refractivity contribution in [1.29, 1.82) is 0 Å². The lowest BCUT2D eigenvalue weighted by Gasteiger charge is -2.12. The summed E-state index contributed by atoms with van der Waals surface area (Å²) in [6, 6.07) is 0.633. The van der Waals surface area contributed by atoms with Crippen molar-refractivity contribution < 1.29 is 4.79 Å². The van der Waals surface area contributed by atoms with Crippen molar-refractivity contribution in [2.24, 2.45) is 5.92 Å². The van der Waals surface area contributed by atoms with E-state index in [0.717, 1.165) is 25.9 Å². The van der Waals surface area contributed by atoms with Crippen LogP contribution in [0.15, 0.2) is 0 Å². The Labute approximate surface area is 93.0 Å². The number of carbonyl (C=O) groups excluding carboxylic acids is 1. The number of rotatable bonds is 6. The highest BCUT2D eigenvalue weighted by molar-refractivity contribution is 5.76. The number of carbonyl (C=O) groups is 1. The van der Waals surface area contributed by atoms with Crippen molar-refractivity contribution >= 4 is 5.91 Å². The van der Waals surface area contributed by atoms with Gasteiger partial charge in [-0.1, -0.05) is 20.3 Å². The fourth-order valence-electron chi connectivity index (χ4n) is 1.92. The molecule has 1 aliphatic heterocycles. The fourth-order valence-corrected chi connectivity index (χ4v) is 1.92. The van der Waals surface area contributed by atoms with Crippen molar-refractivity contribution in [2.45, 2.75) is 52.0 Å². The van der Waals surface area contributed by atoms with Crippen LogP contribution in [0.1, 0.15) is 46.0 Å². The largest absolute Gasteiger partial charge is 0.356 e. The first kappa shape index (κ1) is 12.5. The van der Waals surface area contributed by atoms with E-state index in [1.165, 1.54) is 12.8 Å². The van der Waals surface area contributed by atoms with Gasteiger partial charge in [-0.2, -0.15) is 0 Å². The van der Waals surface area contributed by atoms with Gasteiger partial charge in [-0.3, -0.25) is 4.79 Å². The molecule has 2 atom stereocenters. The maximum absolute atomic E-state index is 11.5. The summed E-state index contributed by atoms with van der Waals surface area (Å²) in [7, 11) is 0. The second-order valence-electron chi connectivity index (χ2n) is 4.65. The lowest BCUT2D eigenvalue weighted by Crippen LogP contribution is -2.31. The van der Waals surface area contributed by atoms with Crippen LogP contribution in [-0.2, 0) is 4.79 Å². The van der Waals surface area contributed by atoms with E-state index >= 15 is 0 Å². The molecule has 0 saturated carbocycles. The van der Waals surface area contributed by atoms with Gasteiger partial charge in [0.2, 0.25) is 5.91 Å². The van der Waals surface area contributed by atoms with Gasteiger partial charge in [0.15, 0.2) is 0 Å². The molecule has 0 bridgehead atoms. The van der Waals surface area contributed by atoms with Gasteiger partial charge < -0.3 is 10.6 Å². The molecule has 88 valence electrons. The monoisotopic (exact) mass is 212 g/mol. The second kappa shape index (κ2) is 6.83. The van der Waals surface area contributed by atoms with Crippen molar-refractivity contribution in [3.8, 4) is 0 Å². The van der Waals surface area contributed by atoms with Crippen LogP contribution in [0.3, 0.4) is 0 Å². The zero-order chi connectivity index (χ0) is 11.1. The molecule has 1 unspecified atom stereocenters. The first-order valence-corrected chi connectivity index (χ1v) is 6.22. The molecule has 0 aromatic heterocycles. The number of hydrogen-bond donors (Lipinski definition) is 2. The third kappa shape index (κ3) is 5.17. The first-order chi connectivity index (χ1) is 7.22. The minimum absolute atomic E-state index is 0.211. The van der Waals surface area contributed by atoms with Gasteiger partial charge >= 0.3 is 0 Å². The van der Waals surface area contributed by atoms with Crippen LogP contribution >= 0.6 is 0 Å². The van der Waals surface area contributed by atoms with Gasteiger partial charge in [0.05, 0.1) is 0 Å². The Morgan fingerprint density at radius 1 is 1.60 bits per heavy atom. The Hall–Kier alpha value is -0.570. The summed E-state index contributed by atoms with van der Waals surface area (Å²) in [5, 5.41) is 6.43. The summed E-state index contributed by atoms with van der Waals surface area (Å²) in [4.78, 5) is 11.5. The zero-order valence-electron chi connectivity index (χ0n) is 10.0. The molecule has 1 saturated heterocycles. The van der Waals surface area contributed by atoms with Crippen LogP contribution in [0.25, 0.3) is 0 Å². The van der Waals surface area contributed by atoms with E-state index < -0.39 is 0 Å². The summed E-state index contributed by atoms with van der Waals surface area (Å²) in [5.41, 5.74) is 0. The van der Waals surface area contributed by atoms with E-state index in [1.54, 1.807) is 0 Å². The molecule has 1 amide bonds. The first-order valence-electron chi connectivity index (χ1n) is 6.22. The third-order valence-electron chi connectivity index (χ3n) is 3.21. The average Bonchev–Trinajstić information content (AvgIpc) is 2.70. The highest BCUT2D eigenvalue weighted by Crippen LogP contribution is 2.08. The van der Waals surface area contributed by atoms with E-state index in [2.05, 4.69) is 24.5 Å². The van der Waals surface area contributed by atoms with Crippen LogP contribution in [0.2, 0.25) is 0 Å². The fraction of sp³-hybridized carbons (Fsp3) is 0.917. The van der Waals surface area contributed by atoms with Crippen molar-refractivity contribution in [2.75, 3.05) is 13.1 Å². The van der Waals surface area contributed by atoms with Crippen LogP contribution in [0.5, 0.6) is 0 Å². The zero-order valence-corrected chi connectivity index (χ0v) is 10.0. The summed E-state index contributed by atoms with van der Waals surface area (Å²) in [6.07, 6.45) is 5.38. The normalized spacial score (nSPS) is 22.7. The Balaban J connectivity index is 2.01. The number of hydrogen-bond acceptors (Lipinski definition) is 2. The molecule has 1 heterocycles. The lowest BCUT2D eigenvalue weighted by molar-refractivity contribution is -0.121. The Morgan fingerprint density at radius 3 is 3.00 bits per heavy atom. The minimum Gasteiger partial charge on any atom is -0.356 e. The van der Waals surface area contributed by atoms with E-state index in [-0.39, 0.29) is 5.91 Å². The molecule has 1 aliphatic rings. The summed E-state index contributed by atoms with van der Waals surface area (Å²) in [6.45, 7) is 6.22. The molecule has 0 spiro atoms. The number of nitrogens with one attached hydrogen (secondary N) is 2. The van der Waals surface area contributed by atoms with Crippen molar-refractivity contribution in [3.05, 3.63) is 0 Å². The minimum atomic E-state index is 0.211. The van der Waals surface area contributed by atoms with E-state index in [1.807, 2.05) is 0 Å². The topological polar surface area (TPSA) is 41.1 Å². The van der Waals surface area contributed by atoms with Gasteiger partial charge in [0.1, 0.15) is 0 Å². The predicted molar refractivity (Wildman–Crippen MR) is 62.7 cm³/mol. The summed E-state index contributed by atoms with van der Waals surface area (Å²) in [5.74, 6) is 0.719. The predicted octanol–water partition coefficient (Wildman–Crippen LogP) is 1.68. The third-order valence-corrected chi connectivity index (χ3v) is 3.21. The molecular weight excluding hydrogens is 188 g/mol. The number of amides is 1. The average molecular weight is 212 g/mol. The van der Waals surface area contributed by atoms with Crippen LogP contribution in [0, 0.1) is 5.92 Å². The van der Waals surface area contributed by atoms with Crippen LogP contribution < -0.4 is 10.6 Å². The lowest BCUT2D eigenvalue weighted by atomic mass is 10.0. The SMILES string of the molecule is CCC(C)CC(=O)NCC[C@H]1CCCN1. The standard InChI is InChI=1S/C12H24N2O/c1-3-10(2)9-12(15)14-8-6-11-5-4-7-13-11/h10-11,13H,3-9H2,1-2H3,(H,14,15)/t10?,11-/m1/s1. The molecule has 3 heteroatoms. The highest BCUT2D eigenvalue weighted by atomic mass is 16.1. The summed E-state index contributed by atoms with van der Waals surface area (Å²) < 4.78 is 0. The molecule has 2 N–H and O–H groups in total. The second-order valence-corrected chi connectivity index (χ2v) is 4.65. The molecule has 3 nitrogen and oxygen atoms in total. The highest BCUT2D eigenvalue weighted by Gasteiger charge is 2.13. The molecular formula is C12H24N2O. The maximum Gasteiger partial charge on any atom is 0.220 e. The van der Waals surface area contributed by atoms with Gasteiger partial charge in [-0.25, -0.2) is 0 Å². The molecule has 0 radical (unpaired) electrons. The molecule has 15 heavy (non-hydrogen) atoms. The van der Waals surface area contributed by atoms with Crippen molar-refractivity contribution in [3.63, 3.8) is 0 Å². The van der Waals surface area contributed by atoms with E-state index in [0.29, 0.717) is 18.4 Å². The Kier molecular flexibility index (Phi) is 5.69.